The Morgan fingerprint density at radius 2 is 2.15 bits per heavy atom. The summed E-state index contributed by atoms with van der Waals surface area (Å²) >= 11 is 0. The highest BCUT2D eigenvalue weighted by atomic mass is 16.6. The van der Waals surface area contributed by atoms with E-state index < -0.39 is 11.0 Å². The molecule has 0 radical (unpaired) electrons. The molecule has 1 N–H and O–H groups in total. The molecule has 0 amide bonds. The molecule has 1 heterocycles. The van der Waals surface area contributed by atoms with Crippen LogP contribution in [0.15, 0.2) is 36.5 Å². The number of benzene rings is 1. The summed E-state index contributed by atoms with van der Waals surface area (Å²) in [6, 6.07) is 7.99. The molecule has 0 aliphatic rings. The lowest BCUT2D eigenvalue weighted by Crippen LogP contribution is -2.00. The van der Waals surface area contributed by atoms with E-state index in [-0.39, 0.29) is 17.3 Å². The first-order chi connectivity index (χ1) is 9.49. The second kappa shape index (κ2) is 5.66. The van der Waals surface area contributed by atoms with Crippen LogP contribution in [0.4, 0.5) is 5.69 Å². The molecular formula is C14H14N2O4. The van der Waals surface area contributed by atoms with Gasteiger partial charge in [0.15, 0.2) is 0 Å². The zero-order valence-electron chi connectivity index (χ0n) is 11.1. The van der Waals surface area contributed by atoms with Crippen molar-refractivity contribution in [2.45, 2.75) is 20.0 Å². The Hall–Kier alpha value is -2.47. The Morgan fingerprint density at radius 1 is 1.40 bits per heavy atom. The van der Waals surface area contributed by atoms with E-state index in [4.69, 9.17) is 4.74 Å². The highest BCUT2D eigenvalue weighted by molar-refractivity contribution is 5.50. The molecule has 1 aromatic carbocycles. The van der Waals surface area contributed by atoms with Crippen LogP contribution in [0, 0.1) is 17.0 Å². The summed E-state index contributed by atoms with van der Waals surface area (Å²) in [4.78, 5) is 14.5. The van der Waals surface area contributed by atoms with Gasteiger partial charge in [-0.25, -0.2) is 4.98 Å². The number of nitrogens with zero attached hydrogens (tertiary/aromatic N) is 2. The number of aliphatic hydroxyl groups excluding tert-OH is 1. The number of hydrogen-bond donors (Lipinski definition) is 1. The van der Waals surface area contributed by atoms with E-state index in [2.05, 4.69) is 4.98 Å². The molecule has 1 unspecified atom stereocenters. The zero-order chi connectivity index (χ0) is 14.7. The van der Waals surface area contributed by atoms with Gasteiger partial charge in [-0.05, 0) is 37.6 Å². The molecule has 1 aromatic heterocycles. The Bertz CT molecular complexity index is 641. The molecule has 0 aliphatic heterocycles. The largest absolute Gasteiger partial charge is 0.431 e. The van der Waals surface area contributed by atoms with E-state index in [0.29, 0.717) is 5.56 Å². The summed E-state index contributed by atoms with van der Waals surface area (Å²) in [5.74, 6) is 0.260. The van der Waals surface area contributed by atoms with E-state index >= 15 is 0 Å². The molecule has 0 bridgehead atoms. The number of ether oxygens (including phenoxy) is 1. The van der Waals surface area contributed by atoms with Crippen LogP contribution in [-0.2, 0) is 0 Å². The fourth-order valence-electron chi connectivity index (χ4n) is 1.77. The average Bonchev–Trinajstić information content (AvgIpc) is 2.41. The van der Waals surface area contributed by atoms with Crippen molar-refractivity contribution in [3.63, 3.8) is 0 Å². The lowest BCUT2D eigenvalue weighted by molar-refractivity contribution is -0.385. The van der Waals surface area contributed by atoms with Gasteiger partial charge >= 0.3 is 5.69 Å². The number of hydrogen-bond acceptors (Lipinski definition) is 5. The number of nitro groups is 1. The predicted octanol–water partition coefficient (Wildman–Crippen LogP) is 3.14. The summed E-state index contributed by atoms with van der Waals surface area (Å²) in [6.45, 7) is 3.34. The van der Waals surface area contributed by atoms with Crippen molar-refractivity contribution < 1.29 is 14.8 Å². The van der Waals surface area contributed by atoms with Crippen molar-refractivity contribution in [1.82, 2.24) is 4.98 Å². The van der Waals surface area contributed by atoms with Crippen LogP contribution in [-0.4, -0.2) is 15.0 Å². The van der Waals surface area contributed by atoms with E-state index in [1.54, 1.807) is 32.0 Å². The molecule has 0 aliphatic carbocycles. The molecule has 104 valence electrons. The lowest BCUT2D eigenvalue weighted by Gasteiger charge is -2.11. The van der Waals surface area contributed by atoms with Crippen LogP contribution in [0.25, 0.3) is 0 Å². The molecule has 6 nitrogen and oxygen atoms in total. The van der Waals surface area contributed by atoms with Gasteiger partial charge in [0, 0.05) is 17.8 Å². The van der Waals surface area contributed by atoms with Crippen molar-refractivity contribution in [3.8, 4) is 11.6 Å². The van der Waals surface area contributed by atoms with Gasteiger partial charge in [0.1, 0.15) is 0 Å². The standard InChI is InChI=1S/C14H14N2O4/c1-9-5-6-13(12(8-9)16(18)19)20-14-11(10(2)17)4-3-7-15-14/h3-8,10,17H,1-2H3. The molecule has 0 saturated heterocycles. The number of pyridine rings is 1. The van der Waals surface area contributed by atoms with Gasteiger partial charge in [0.05, 0.1) is 11.0 Å². The van der Waals surface area contributed by atoms with Gasteiger partial charge in [-0.1, -0.05) is 6.07 Å². The predicted molar refractivity (Wildman–Crippen MR) is 72.8 cm³/mol. The lowest BCUT2D eigenvalue weighted by atomic mass is 10.2. The van der Waals surface area contributed by atoms with Gasteiger partial charge in [-0.3, -0.25) is 10.1 Å². The SMILES string of the molecule is Cc1ccc(Oc2ncccc2C(C)O)c([N+](=O)[O-])c1. The fraction of sp³-hybridized carbons (Fsp3) is 0.214. The van der Waals surface area contributed by atoms with Crippen molar-refractivity contribution in [2.24, 2.45) is 0 Å². The summed E-state index contributed by atoms with van der Waals surface area (Å²) in [5, 5.41) is 20.7. The molecule has 0 fully saturated rings. The number of aliphatic hydroxyl groups is 1. The minimum Gasteiger partial charge on any atom is -0.431 e. The maximum absolute atomic E-state index is 11.0. The summed E-state index contributed by atoms with van der Waals surface area (Å²) < 4.78 is 5.51. The quantitative estimate of drug-likeness (QED) is 0.683. The molecule has 0 saturated carbocycles. The van der Waals surface area contributed by atoms with Gasteiger partial charge < -0.3 is 9.84 Å². The zero-order valence-corrected chi connectivity index (χ0v) is 11.1. The molecular weight excluding hydrogens is 260 g/mol. The average molecular weight is 274 g/mol. The van der Waals surface area contributed by atoms with Gasteiger partial charge in [0.2, 0.25) is 11.6 Å². The van der Waals surface area contributed by atoms with Crippen molar-refractivity contribution in [2.75, 3.05) is 0 Å². The van der Waals surface area contributed by atoms with Crippen LogP contribution < -0.4 is 4.74 Å². The normalized spacial score (nSPS) is 11.9. The molecule has 1 atom stereocenters. The summed E-state index contributed by atoms with van der Waals surface area (Å²) in [5.41, 5.74) is 1.11. The summed E-state index contributed by atoms with van der Waals surface area (Å²) in [6.07, 6.45) is 0.726. The number of rotatable bonds is 4. The van der Waals surface area contributed by atoms with E-state index in [1.807, 2.05) is 0 Å². The van der Waals surface area contributed by atoms with E-state index in [0.717, 1.165) is 5.56 Å². The van der Waals surface area contributed by atoms with Crippen LogP contribution in [0.1, 0.15) is 24.2 Å². The first-order valence-corrected chi connectivity index (χ1v) is 6.05. The van der Waals surface area contributed by atoms with E-state index in [1.165, 1.54) is 18.3 Å². The van der Waals surface area contributed by atoms with E-state index in [9.17, 15) is 15.2 Å². The van der Waals surface area contributed by atoms with Crippen molar-refractivity contribution in [3.05, 3.63) is 57.8 Å². The number of aryl methyl sites for hydroxylation is 1. The van der Waals surface area contributed by atoms with Crippen LogP contribution in [0.3, 0.4) is 0 Å². The fourth-order valence-corrected chi connectivity index (χ4v) is 1.77. The van der Waals surface area contributed by atoms with Gasteiger partial charge in [-0.2, -0.15) is 0 Å². The Balaban J connectivity index is 2.43. The molecule has 2 rings (SSSR count). The van der Waals surface area contributed by atoms with Crippen LogP contribution >= 0.6 is 0 Å². The monoisotopic (exact) mass is 274 g/mol. The molecule has 6 heteroatoms. The highest BCUT2D eigenvalue weighted by Crippen LogP contribution is 2.33. The second-order valence-electron chi connectivity index (χ2n) is 4.40. The minimum atomic E-state index is -0.775. The second-order valence-corrected chi connectivity index (χ2v) is 4.40. The molecule has 0 spiro atoms. The third kappa shape index (κ3) is 2.92. The van der Waals surface area contributed by atoms with Crippen LogP contribution in [0.5, 0.6) is 11.6 Å². The maximum atomic E-state index is 11.0. The first-order valence-electron chi connectivity index (χ1n) is 6.05. The van der Waals surface area contributed by atoms with Gasteiger partial charge in [-0.15, -0.1) is 0 Å². The topological polar surface area (TPSA) is 85.5 Å². The van der Waals surface area contributed by atoms with Gasteiger partial charge in [0.25, 0.3) is 0 Å². The number of aromatic nitrogens is 1. The van der Waals surface area contributed by atoms with Crippen LogP contribution in [0.2, 0.25) is 0 Å². The third-order valence-corrected chi connectivity index (χ3v) is 2.77. The Labute approximate surface area is 115 Å². The minimum absolute atomic E-state index is 0.0983. The Kier molecular flexibility index (Phi) is 3.95. The summed E-state index contributed by atoms with van der Waals surface area (Å²) in [7, 11) is 0. The van der Waals surface area contributed by atoms with Crippen molar-refractivity contribution in [1.29, 1.82) is 0 Å². The maximum Gasteiger partial charge on any atom is 0.311 e. The smallest absolute Gasteiger partial charge is 0.311 e. The van der Waals surface area contributed by atoms with Crippen molar-refractivity contribution >= 4 is 5.69 Å². The highest BCUT2D eigenvalue weighted by Gasteiger charge is 2.18. The molecule has 2 aromatic rings. The third-order valence-electron chi connectivity index (χ3n) is 2.77. The Morgan fingerprint density at radius 3 is 2.80 bits per heavy atom. The molecule has 20 heavy (non-hydrogen) atoms. The first kappa shape index (κ1) is 14.0. The number of nitro benzene ring substituents is 1.